The number of hydrogen-bond acceptors (Lipinski definition) is 3. The standard InChI is InChI=1S/C13H23NO3/c1-2-16-8-9-17-12-11(14-13(12)15)10-6-4-3-5-7-10/h10-12H,2-9H2,1H3,(H,14,15)/t11-,12+/m0/s1. The monoisotopic (exact) mass is 241 g/mol. The molecule has 4 nitrogen and oxygen atoms in total. The van der Waals surface area contributed by atoms with Crippen molar-refractivity contribution >= 4 is 5.91 Å². The Hall–Kier alpha value is -0.610. The molecule has 1 amide bonds. The summed E-state index contributed by atoms with van der Waals surface area (Å²) in [5, 5.41) is 3.00. The molecule has 1 heterocycles. The van der Waals surface area contributed by atoms with Crippen LogP contribution in [0.15, 0.2) is 0 Å². The second kappa shape index (κ2) is 6.36. The van der Waals surface area contributed by atoms with Gasteiger partial charge in [0.15, 0.2) is 6.10 Å². The minimum absolute atomic E-state index is 0.0528. The Bertz CT molecular complexity index is 251. The van der Waals surface area contributed by atoms with Crippen LogP contribution in [-0.2, 0) is 14.3 Å². The summed E-state index contributed by atoms with van der Waals surface area (Å²) >= 11 is 0. The van der Waals surface area contributed by atoms with E-state index in [4.69, 9.17) is 9.47 Å². The molecule has 1 N–H and O–H groups in total. The minimum atomic E-state index is -0.224. The molecule has 1 saturated heterocycles. The summed E-state index contributed by atoms with van der Waals surface area (Å²) in [5.41, 5.74) is 0. The molecule has 2 aliphatic rings. The van der Waals surface area contributed by atoms with Crippen molar-refractivity contribution < 1.29 is 14.3 Å². The normalized spacial score (nSPS) is 29.8. The molecule has 0 aromatic rings. The first-order valence-corrected chi connectivity index (χ1v) is 6.82. The molecule has 2 atom stereocenters. The first-order chi connectivity index (χ1) is 8.33. The van der Waals surface area contributed by atoms with E-state index in [2.05, 4.69) is 5.32 Å². The van der Waals surface area contributed by atoms with Gasteiger partial charge in [0.25, 0.3) is 5.91 Å². The lowest BCUT2D eigenvalue weighted by Gasteiger charge is -2.42. The van der Waals surface area contributed by atoms with E-state index in [0.717, 1.165) is 0 Å². The first kappa shape index (κ1) is 12.8. The van der Waals surface area contributed by atoms with Crippen LogP contribution in [-0.4, -0.2) is 37.9 Å². The predicted molar refractivity (Wildman–Crippen MR) is 64.7 cm³/mol. The lowest BCUT2D eigenvalue weighted by atomic mass is 9.78. The molecule has 1 aliphatic carbocycles. The van der Waals surface area contributed by atoms with Gasteiger partial charge in [0.2, 0.25) is 0 Å². The Morgan fingerprint density at radius 2 is 2.00 bits per heavy atom. The van der Waals surface area contributed by atoms with Gasteiger partial charge < -0.3 is 14.8 Å². The third-order valence-electron chi connectivity index (χ3n) is 3.78. The van der Waals surface area contributed by atoms with E-state index < -0.39 is 0 Å². The third-order valence-corrected chi connectivity index (χ3v) is 3.78. The molecule has 0 spiro atoms. The summed E-state index contributed by atoms with van der Waals surface area (Å²) in [4.78, 5) is 11.5. The lowest BCUT2D eigenvalue weighted by Crippen LogP contribution is -2.66. The van der Waals surface area contributed by atoms with E-state index >= 15 is 0 Å². The highest BCUT2D eigenvalue weighted by atomic mass is 16.5. The molecule has 1 aliphatic heterocycles. The quantitative estimate of drug-likeness (QED) is 0.566. The van der Waals surface area contributed by atoms with Crippen LogP contribution in [0, 0.1) is 5.92 Å². The van der Waals surface area contributed by atoms with Crippen molar-refractivity contribution in [1.29, 1.82) is 0 Å². The molecule has 2 rings (SSSR count). The zero-order chi connectivity index (χ0) is 12.1. The summed E-state index contributed by atoms with van der Waals surface area (Å²) in [6, 6.07) is 0.254. The molecule has 0 bridgehead atoms. The van der Waals surface area contributed by atoms with Crippen LogP contribution in [0.2, 0.25) is 0 Å². The molecule has 0 aromatic heterocycles. The number of amides is 1. The number of β-lactam (4-membered cyclic amide) rings is 1. The Balaban J connectivity index is 1.72. The van der Waals surface area contributed by atoms with Crippen LogP contribution >= 0.6 is 0 Å². The molecule has 98 valence electrons. The smallest absolute Gasteiger partial charge is 0.251 e. The number of ether oxygens (including phenoxy) is 2. The fraction of sp³-hybridized carbons (Fsp3) is 0.923. The molecule has 0 aromatic carbocycles. The van der Waals surface area contributed by atoms with Gasteiger partial charge in [-0.3, -0.25) is 4.79 Å². The van der Waals surface area contributed by atoms with Gasteiger partial charge in [-0.05, 0) is 25.7 Å². The van der Waals surface area contributed by atoms with Crippen LogP contribution in [0.1, 0.15) is 39.0 Å². The van der Waals surface area contributed by atoms with Crippen molar-refractivity contribution in [2.45, 2.75) is 51.2 Å². The summed E-state index contributed by atoms with van der Waals surface area (Å²) in [6.07, 6.45) is 6.17. The SMILES string of the molecule is CCOCCO[C@H]1C(=O)N[C@H]1C1CCCCC1. The topological polar surface area (TPSA) is 47.6 Å². The number of rotatable bonds is 6. The Morgan fingerprint density at radius 1 is 1.24 bits per heavy atom. The number of carbonyl (C=O) groups excluding carboxylic acids is 1. The van der Waals surface area contributed by atoms with E-state index in [0.29, 0.717) is 25.7 Å². The summed E-state index contributed by atoms with van der Waals surface area (Å²) in [5.74, 6) is 0.676. The van der Waals surface area contributed by atoms with Gasteiger partial charge in [0.1, 0.15) is 0 Å². The molecule has 17 heavy (non-hydrogen) atoms. The van der Waals surface area contributed by atoms with Gasteiger partial charge in [-0.1, -0.05) is 19.3 Å². The van der Waals surface area contributed by atoms with E-state index in [-0.39, 0.29) is 18.1 Å². The van der Waals surface area contributed by atoms with Gasteiger partial charge in [0.05, 0.1) is 19.3 Å². The maximum Gasteiger partial charge on any atom is 0.251 e. The summed E-state index contributed by atoms with van der Waals surface area (Å²) < 4.78 is 10.8. The maximum absolute atomic E-state index is 11.5. The highest BCUT2D eigenvalue weighted by molar-refractivity contribution is 5.88. The van der Waals surface area contributed by atoms with Crippen LogP contribution in [0.4, 0.5) is 0 Å². The second-order valence-electron chi connectivity index (χ2n) is 4.92. The average Bonchev–Trinajstić information content (AvgIpc) is 2.36. The largest absolute Gasteiger partial charge is 0.379 e. The maximum atomic E-state index is 11.5. The molecular formula is C13H23NO3. The summed E-state index contributed by atoms with van der Waals surface area (Å²) in [6.45, 7) is 3.76. The van der Waals surface area contributed by atoms with Crippen LogP contribution in [0.3, 0.4) is 0 Å². The minimum Gasteiger partial charge on any atom is -0.379 e. The lowest BCUT2D eigenvalue weighted by molar-refractivity contribution is -0.153. The van der Waals surface area contributed by atoms with Crippen molar-refractivity contribution in [2.75, 3.05) is 19.8 Å². The van der Waals surface area contributed by atoms with E-state index in [9.17, 15) is 4.79 Å². The fourth-order valence-electron chi connectivity index (χ4n) is 2.80. The van der Waals surface area contributed by atoms with Crippen LogP contribution in [0.5, 0.6) is 0 Å². The molecule has 0 radical (unpaired) electrons. The molecule has 1 saturated carbocycles. The first-order valence-electron chi connectivity index (χ1n) is 6.82. The molecule has 0 unspecified atom stereocenters. The second-order valence-corrected chi connectivity index (χ2v) is 4.92. The van der Waals surface area contributed by atoms with E-state index in [1.807, 2.05) is 6.92 Å². The van der Waals surface area contributed by atoms with E-state index in [1.165, 1.54) is 32.1 Å². The van der Waals surface area contributed by atoms with Crippen molar-refractivity contribution in [3.63, 3.8) is 0 Å². The van der Waals surface area contributed by atoms with Gasteiger partial charge in [0, 0.05) is 6.61 Å². The average molecular weight is 241 g/mol. The van der Waals surface area contributed by atoms with Crippen molar-refractivity contribution in [2.24, 2.45) is 5.92 Å². The number of nitrogens with one attached hydrogen (secondary N) is 1. The predicted octanol–water partition coefficient (Wildman–Crippen LogP) is 1.49. The fourth-order valence-corrected chi connectivity index (χ4v) is 2.80. The highest BCUT2D eigenvalue weighted by Gasteiger charge is 2.44. The van der Waals surface area contributed by atoms with Crippen molar-refractivity contribution in [3.8, 4) is 0 Å². The van der Waals surface area contributed by atoms with Crippen molar-refractivity contribution in [1.82, 2.24) is 5.32 Å². The Labute approximate surface area is 103 Å². The van der Waals surface area contributed by atoms with Crippen LogP contribution in [0.25, 0.3) is 0 Å². The molecule has 2 fully saturated rings. The van der Waals surface area contributed by atoms with Gasteiger partial charge in [-0.25, -0.2) is 0 Å². The highest BCUT2D eigenvalue weighted by Crippen LogP contribution is 2.31. The van der Waals surface area contributed by atoms with Gasteiger partial charge >= 0.3 is 0 Å². The Morgan fingerprint density at radius 3 is 2.65 bits per heavy atom. The zero-order valence-corrected chi connectivity index (χ0v) is 10.6. The van der Waals surface area contributed by atoms with Gasteiger partial charge in [-0.15, -0.1) is 0 Å². The Kier molecular flexibility index (Phi) is 4.80. The number of hydrogen-bond donors (Lipinski definition) is 1. The third kappa shape index (κ3) is 3.19. The van der Waals surface area contributed by atoms with E-state index in [1.54, 1.807) is 0 Å². The van der Waals surface area contributed by atoms with Crippen molar-refractivity contribution in [3.05, 3.63) is 0 Å². The molecular weight excluding hydrogens is 218 g/mol. The molecule has 4 heteroatoms. The van der Waals surface area contributed by atoms with Gasteiger partial charge in [-0.2, -0.15) is 0 Å². The zero-order valence-electron chi connectivity index (χ0n) is 10.6. The summed E-state index contributed by atoms with van der Waals surface area (Å²) in [7, 11) is 0. The number of carbonyl (C=O) groups is 1. The van der Waals surface area contributed by atoms with Crippen LogP contribution < -0.4 is 5.32 Å².